The lowest BCUT2D eigenvalue weighted by Crippen LogP contribution is -2.35. The summed E-state index contributed by atoms with van der Waals surface area (Å²) >= 11 is 1.51. The van der Waals surface area contributed by atoms with Gasteiger partial charge in [-0.1, -0.05) is 26.0 Å². The zero-order chi connectivity index (χ0) is 16.6. The monoisotopic (exact) mass is 330 g/mol. The third-order valence-corrected chi connectivity index (χ3v) is 5.59. The van der Waals surface area contributed by atoms with Crippen molar-refractivity contribution in [3.63, 3.8) is 0 Å². The molecule has 4 nitrogen and oxygen atoms in total. The molecule has 23 heavy (non-hydrogen) atoms. The van der Waals surface area contributed by atoms with Crippen molar-refractivity contribution < 1.29 is 9.53 Å². The highest BCUT2D eigenvalue weighted by Crippen LogP contribution is 2.38. The van der Waals surface area contributed by atoms with Crippen LogP contribution in [0.25, 0.3) is 0 Å². The standard InChI is InChI=1S/C18H22N2O2S/c1-11(2)17-19-12(3)16(23-17)18(21)20-10-6-8-13-7-5-9-14(22-4)15(13)20/h5,7,9,11H,6,8,10H2,1-4H3. The van der Waals surface area contributed by atoms with Crippen LogP contribution in [0.4, 0.5) is 5.69 Å². The van der Waals surface area contributed by atoms with Gasteiger partial charge in [-0.25, -0.2) is 4.98 Å². The van der Waals surface area contributed by atoms with E-state index < -0.39 is 0 Å². The Bertz CT molecular complexity index is 722. The smallest absolute Gasteiger partial charge is 0.270 e. The van der Waals surface area contributed by atoms with Crippen LogP contribution in [0.3, 0.4) is 0 Å². The molecule has 0 radical (unpaired) electrons. The fourth-order valence-corrected chi connectivity index (χ4v) is 3.99. The van der Waals surface area contributed by atoms with Crippen molar-refractivity contribution in [3.05, 3.63) is 39.3 Å². The first kappa shape index (κ1) is 16.0. The lowest BCUT2D eigenvalue weighted by molar-refractivity contribution is 0.0987. The quantitative estimate of drug-likeness (QED) is 0.848. The van der Waals surface area contributed by atoms with Gasteiger partial charge >= 0.3 is 0 Å². The molecule has 1 aliphatic rings. The summed E-state index contributed by atoms with van der Waals surface area (Å²) in [6, 6.07) is 5.99. The van der Waals surface area contributed by atoms with Crippen molar-refractivity contribution in [3.8, 4) is 5.75 Å². The highest BCUT2D eigenvalue weighted by molar-refractivity contribution is 7.14. The third-order valence-electron chi connectivity index (χ3n) is 4.15. The number of rotatable bonds is 3. The van der Waals surface area contributed by atoms with Crippen molar-refractivity contribution in [2.45, 2.75) is 39.5 Å². The van der Waals surface area contributed by atoms with Gasteiger partial charge in [-0.15, -0.1) is 11.3 Å². The van der Waals surface area contributed by atoms with E-state index in [2.05, 4.69) is 24.9 Å². The van der Waals surface area contributed by atoms with Crippen LogP contribution in [0.1, 0.15) is 52.1 Å². The molecule has 0 N–H and O–H groups in total. The molecule has 1 aromatic carbocycles. The zero-order valence-corrected chi connectivity index (χ0v) is 14.9. The van der Waals surface area contributed by atoms with Gasteiger partial charge < -0.3 is 9.64 Å². The number of hydrogen-bond acceptors (Lipinski definition) is 4. The minimum Gasteiger partial charge on any atom is -0.495 e. The first-order chi connectivity index (χ1) is 11.0. The Kier molecular flexibility index (Phi) is 4.39. The van der Waals surface area contributed by atoms with Crippen molar-refractivity contribution in [2.24, 2.45) is 0 Å². The maximum absolute atomic E-state index is 13.1. The molecule has 122 valence electrons. The summed E-state index contributed by atoms with van der Waals surface area (Å²) < 4.78 is 5.50. The van der Waals surface area contributed by atoms with E-state index in [4.69, 9.17) is 4.74 Å². The Morgan fingerprint density at radius 1 is 1.39 bits per heavy atom. The van der Waals surface area contributed by atoms with Gasteiger partial charge in [0.15, 0.2) is 0 Å². The molecule has 0 bridgehead atoms. The topological polar surface area (TPSA) is 42.4 Å². The number of carbonyl (C=O) groups is 1. The van der Waals surface area contributed by atoms with Crippen LogP contribution < -0.4 is 9.64 Å². The Labute approximate surface area is 141 Å². The van der Waals surface area contributed by atoms with E-state index in [1.165, 1.54) is 16.9 Å². The van der Waals surface area contributed by atoms with Crippen molar-refractivity contribution >= 4 is 22.9 Å². The summed E-state index contributed by atoms with van der Waals surface area (Å²) in [5.41, 5.74) is 2.92. The molecule has 0 saturated heterocycles. The average molecular weight is 330 g/mol. The molecule has 0 atom stereocenters. The molecule has 0 fully saturated rings. The van der Waals surface area contributed by atoms with Crippen LogP contribution in [0, 0.1) is 6.92 Å². The number of aryl methyl sites for hydroxylation is 2. The van der Waals surface area contributed by atoms with E-state index in [-0.39, 0.29) is 5.91 Å². The van der Waals surface area contributed by atoms with E-state index >= 15 is 0 Å². The number of ether oxygens (including phenoxy) is 1. The predicted octanol–water partition coefficient (Wildman–Crippen LogP) is 4.18. The van der Waals surface area contributed by atoms with Gasteiger partial charge in [0.25, 0.3) is 5.91 Å². The van der Waals surface area contributed by atoms with E-state index in [1.807, 2.05) is 24.0 Å². The number of benzene rings is 1. The summed E-state index contributed by atoms with van der Waals surface area (Å²) in [6.07, 6.45) is 1.95. The molecular formula is C18H22N2O2S. The number of methoxy groups -OCH3 is 1. The summed E-state index contributed by atoms with van der Waals surface area (Å²) in [4.78, 5) is 20.3. The maximum Gasteiger partial charge on any atom is 0.270 e. The second-order valence-electron chi connectivity index (χ2n) is 6.15. The molecule has 0 unspecified atom stereocenters. The predicted molar refractivity (Wildman–Crippen MR) is 93.9 cm³/mol. The summed E-state index contributed by atoms with van der Waals surface area (Å²) in [5, 5.41) is 1.02. The van der Waals surface area contributed by atoms with Crippen molar-refractivity contribution in [1.29, 1.82) is 0 Å². The SMILES string of the molecule is COc1cccc2c1N(C(=O)c1sc(C(C)C)nc1C)CCC2. The highest BCUT2D eigenvalue weighted by atomic mass is 32.1. The zero-order valence-electron chi connectivity index (χ0n) is 14.0. The van der Waals surface area contributed by atoms with Crippen molar-refractivity contribution in [2.75, 3.05) is 18.6 Å². The number of anilines is 1. The summed E-state index contributed by atoms with van der Waals surface area (Å²) in [6.45, 7) is 6.85. The number of nitrogens with zero attached hydrogens (tertiary/aromatic N) is 2. The van der Waals surface area contributed by atoms with E-state index in [0.29, 0.717) is 5.92 Å². The number of aromatic nitrogens is 1. The molecule has 1 amide bonds. The lowest BCUT2D eigenvalue weighted by Gasteiger charge is -2.30. The minimum absolute atomic E-state index is 0.0392. The number of carbonyl (C=O) groups excluding carboxylic acids is 1. The van der Waals surface area contributed by atoms with Crippen LogP contribution in [0.2, 0.25) is 0 Å². The van der Waals surface area contributed by atoms with Crippen molar-refractivity contribution in [1.82, 2.24) is 4.98 Å². The first-order valence-electron chi connectivity index (χ1n) is 7.98. The van der Waals surface area contributed by atoms with Gasteiger partial charge in [-0.05, 0) is 31.4 Å². The van der Waals surface area contributed by atoms with Crippen LogP contribution in [0.15, 0.2) is 18.2 Å². The molecular weight excluding hydrogens is 308 g/mol. The number of fused-ring (bicyclic) bond motifs is 1. The molecule has 0 aliphatic carbocycles. The summed E-state index contributed by atoms with van der Waals surface area (Å²) in [7, 11) is 1.65. The Balaban J connectivity index is 2.02. The van der Waals surface area contributed by atoms with Crippen LogP contribution in [-0.2, 0) is 6.42 Å². The molecule has 1 aliphatic heterocycles. The molecule has 1 aromatic heterocycles. The van der Waals surface area contributed by atoms with E-state index in [0.717, 1.165) is 46.4 Å². The Hall–Kier alpha value is -1.88. The van der Waals surface area contributed by atoms with Crippen LogP contribution in [-0.4, -0.2) is 24.5 Å². The van der Waals surface area contributed by atoms with E-state index in [1.54, 1.807) is 7.11 Å². The number of thiazole rings is 1. The van der Waals surface area contributed by atoms with Crippen LogP contribution in [0.5, 0.6) is 5.75 Å². The largest absolute Gasteiger partial charge is 0.495 e. The molecule has 3 rings (SSSR count). The number of hydrogen-bond donors (Lipinski definition) is 0. The highest BCUT2D eigenvalue weighted by Gasteiger charge is 2.29. The molecule has 5 heteroatoms. The molecule has 0 spiro atoms. The fraction of sp³-hybridized carbons (Fsp3) is 0.444. The van der Waals surface area contributed by atoms with Crippen LogP contribution >= 0.6 is 11.3 Å². The Morgan fingerprint density at radius 3 is 2.83 bits per heavy atom. The fourth-order valence-electron chi connectivity index (χ4n) is 2.97. The minimum atomic E-state index is 0.0392. The summed E-state index contributed by atoms with van der Waals surface area (Å²) in [5.74, 6) is 1.14. The second-order valence-corrected chi connectivity index (χ2v) is 7.18. The lowest BCUT2D eigenvalue weighted by atomic mass is 10.0. The number of amides is 1. The van der Waals surface area contributed by atoms with Gasteiger partial charge in [0.1, 0.15) is 10.6 Å². The Morgan fingerprint density at radius 2 is 2.17 bits per heavy atom. The second kappa shape index (κ2) is 6.32. The van der Waals surface area contributed by atoms with Gasteiger partial charge in [-0.3, -0.25) is 4.79 Å². The first-order valence-corrected chi connectivity index (χ1v) is 8.79. The van der Waals surface area contributed by atoms with E-state index in [9.17, 15) is 4.79 Å². The molecule has 2 heterocycles. The normalized spacial score (nSPS) is 14.0. The average Bonchev–Trinajstić information content (AvgIpc) is 2.95. The van der Waals surface area contributed by atoms with Gasteiger partial charge in [0, 0.05) is 12.5 Å². The molecule has 0 saturated carbocycles. The van der Waals surface area contributed by atoms with Gasteiger partial charge in [-0.2, -0.15) is 0 Å². The third kappa shape index (κ3) is 2.85. The van der Waals surface area contributed by atoms with Gasteiger partial charge in [0.2, 0.25) is 0 Å². The van der Waals surface area contributed by atoms with Gasteiger partial charge in [0.05, 0.1) is 23.5 Å². The molecule has 2 aromatic rings. The maximum atomic E-state index is 13.1. The number of para-hydroxylation sites is 1.